The zero-order valence-corrected chi connectivity index (χ0v) is 14.0. The van der Waals surface area contributed by atoms with Crippen molar-refractivity contribution in [3.05, 3.63) is 35.4 Å². The van der Waals surface area contributed by atoms with Crippen LogP contribution < -0.4 is 10.6 Å². The van der Waals surface area contributed by atoms with Gasteiger partial charge in [0.05, 0.1) is 5.92 Å². The molecule has 126 valence electrons. The molecule has 0 saturated carbocycles. The zero-order valence-electron chi connectivity index (χ0n) is 14.0. The molecule has 0 spiro atoms. The molecule has 0 aliphatic carbocycles. The van der Waals surface area contributed by atoms with Gasteiger partial charge in [0.2, 0.25) is 5.91 Å². The second-order valence-corrected chi connectivity index (χ2v) is 6.91. The number of carbonyl (C=O) groups excluding carboxylic acids is 1. The minimum Gasteiger partial charge on any atom is -0.352 e. The average Bonchev–Trinajstić information content (AvgIpc) is 3.00. The maximum Gasteiger partial charge on any atom is 0.224 e. The van der Waals surface area contributed by atoms with Crippen molar-refractivity contribution in [2.75, 3.05) is 26.2 Å². The van der Waals surface area contributed by atoms with Gasteiger partial charge in [0.25, 0.3) is 0 Å². The maximum absolute atomic E-state index is 12.0. The first-order valence-corrected chi connectivity index (χ1v) is 9.10. The van der Waals surface area contributed by atoms with Crippen molar-refractivity contribution in [1.29, 1.82) is 0 Å². The minimum absolute atomic E-state index is 0.150. The molecule has 1 unspecified atom stereocenters. The van der Waals surface area contributed by atoms with E-state index < -0.39 is 0 Å². The number of likely N-dealkylation sites (tertiary alicyclic amines) is 1. The lowest BCUT2D eigenvalue weighted by molar-refractivity contribution is -0.124. The summed E-state index contributed by atoms with van der Waals surface area (Å²) in [5.41, 5.74) is 2.56. The van der Waals surface area contributed by atoms with E-state index in [-0.39, 0.29) is 11.8 Å². The highest BCUT2D eigenvalue weighted by atomic mass is 16.1. The van der Waals surface area contributed by atoms with Gasteiger partial charge in [0, 0.05) is 19.6 Å². The van der Waals surface area contributed by atoms with Gasteiger partial charge >= 0.3 is 0 Å². The Balaban J connectivity index is 1.45. The van der Waals surface area contributed by atoms with Crippen molar-refractivity contribution in [3.8, 4) is 0 Å². The molecule has 2 heterocycles. The summed E-state index contributed by atoms with van der Waals surface area (Å²) in [4.78, 5) is 14.6. The van der Waals surface area contributed by atoms with Gasteiger partial charge in [0.1, 0.15) is 0 Å². The lowest BCUT2D eigenvalue weighted by atomic mass is 10.1. The highest BCUT2D eigenvalue weighted by Crippen LogP contribution is 2.14. The standard InChI is InChI=1S/C19H29N3O/c23-19(18-9-10-20-14-18)21-13-16-5-7-17(8-6-16)15-22-11-3-1-2-4-12-22/h5-8,18,20H,1-4,9-15H2,(H,21,23). The fourth-order valence-electron chi connectivity index (χ4n) is 3.53. The van der Waals surface area contributed by atoms with Crippen LogP contribution in [0.3, 0.4) is 0 Å². The maximum atomic E-state index is 12.0. The Morgan fingerprint density at radius 2 is 1.78 bits per heavy atom. The number of hydrogen-bond acceptors (Lipinski definition) is 3. The molecule has 2 fully saturated rings. The molecule has 0 aromatic heterocycles. The quantitative estimate of drug-likeness (QED) is 0.876. The predicted octanol–water partition coefficient (Wildman–Crippen LogP) is 2.29. The van der Waals surface area contributed by atoms with E-state index in [1.54, 1.807) is 0 Å². The summed E-state index contributed by atoms with van der Waals surface area (Å²) < 4.78 is 0. The molecule has 3 rings (SSSR count). The van der Waals surface area contributed by atoms with Crippen LogP contribution in [0.1, 0.15) is 43.2 Å². The van der Waals surface area contributed by atoms with Crippen molar-refractivity contribution in [2.24, 2.45) is 5.92 Å². The van der Waals surface area contributed by atoms with Crippen LogP contribution in [0.25, 0.3) is 0 Å². The van der Waals surface area contributed by atoms with E-state index in [2.05, 4.69) is 39.8 Å². The molecular weight excluding hydrogens is 286 g/mol. The molecule has 4 heteroatoms. The zero-order chi connectivity index (χ0) is 15.9. The Kier molecular flexibility index (Phi) is 6.06. The number of amides is 1. The van der Waals surface area contributed by atoms with Gasteiger partial charge < -0.3 is 10.6 Å². The van der Waals surface area contributed by atoms with E-state index in [1.165, 1.54) is 49.9 Å². The average molecular weight is 315 g/mol. The van der Waals surface area contributed by atoms with Crippen LogP contribution in [-0.2, 0) is 17.9 Å². The van der Waals surface area contributed by atoms with E-state index in [0.29, 0.717) is 6.54 Å². The lowest BCUT2D eigenvalue weighted by Crippen LogP contribution is -2.31. The third kappa shape index (κ3) is 5.05. The number of nitrogens with one attached hydrogen (secondary N) is 2. The van der Waals surface area contributed by atoms with Gasteiger partial charge in [-0.3, -0.25) is 9.69 Å². The van der Waals surface area contributed by atoms with Gasteiger partial charge in [-0.25, -0.2) is 0 Å². The van der Waals surface area contributed by atoms with Crippen molar-refractivity contribution < 1.29 is 4.79 Å². The number of hydrogen-bond donors (Lipinski definition) is 2. The smallest absolute Gasteiger partial charge is 0.224 e. The van der Waals surface area contributed by atoms with Crippen LogP contribution in [0, 0.1) is 5.92 Å². The first-order valence-electron chi connectivity index (χ1n) is 9.10. The van der Waals surface area contributed by atoms with Crippen LogP contribution in [0.4, 0.5) is 0 Å². The summed E-state index contributed by atoms with van der Waals surface area (Å²) in [7, 11) is 0. The van der Waals surface area contributed by atoms with Gasteiger partial charge in [-0.1, -0.05) is 37.1 Å². The van der Waals surface area contributed by atoms with Crippen LogP contribution in [0.2, 0.25) is 0 Å². The molecule has 1 amide bonds. The Bertz CT molecular complexity index is 486. The molecule has 0 radical (unpaired) electrons. The van der Waals surface area contributed by atoms with E-state index in [0.717, 1.165) is 26.1 Å². The molecule has 2 aliphatic rings. The number of carbonyl (C=O) groups is 1. The molecule has 4 nitrogen and oxygen atoms in total. The highest BCUT2D eigenvalue weighted by molar-refractivity contribution is 5.79. The largest absolute Gasteiger partial charge is 0.352 e. The lowest BCUT2D eigenvalue weighted by Gasteiger charge is -2.19. The summed E-state index contributed by atoms with van der Waals surface area (Å²) in [6.45, 7) is 5.93. The van der Waals surface area contributed by atoms with Crippen LogP contribution in [0.5, 0.6) is 0 Å². The van der Waals surface area contributed by atoms with Gasteiger partial charge in [0.15, 0.2) is 0 Å². The first kappa shape index (κ1) is 16.5. The Hall–Kier alpha value is -1.39. The van der Waals surface area contributed by atoms with Gasteiger partial charge in [-0.15, -0.1) is 0 Å². The SMILES string of the molecule is O=C(NCc1ccc(CN2CCCCCC2)cc1)C1CCNC1. The first-order chi connectivity index (χ1) is 11.3. The second kappa shape index (κ2) is 8.46. The summed E-state index contributed by atoms with van der Waals surface area (Å²) in [6.07, 6.45) is 6.39. The van der Waals surface area contributed by atoms with Crippen molar-refractivity contribution in [3.63, 3.8) is 0 Å². The normalized spacial score (nSPS) is 22.7. The fraction of sp³-hybridized carbons (Fsp3) is 0.632. The topological polar surface area (TPSA) is 44.4 Å². The van der Waals surface area contributed by atoms with E-state index in [4.69, 9.17) is 0 Å². The molecule has 2 saturated heterocycles. The van der Waals surface area contributed by atoms with Crippen LogP contribution >= 0.6 is 0 Å². The molecule has 0 bridgehead atoms. The Morgan fingerprint density at radius 3 is 2.43 bits per heavy atom. The summed E-state index contributed by atoms with van der Waals surface area (Å²) in [6, 6.07) is 8.73. The molecule has 2 N–H and O–H groups in total. The summed E-state index contributed by atoms with van der Waals surface area (Å²) in [5, 5.41) is 6.30. The summed E-state index contributed by atoms with van der Waals surface area (Å²) >= 11 is 0. The van der Waals surface area contributed by atoms with Crippen molar-refractivity contribution in [1.82, 2.24) is 15.5 Å². The number of rotatable bonds is 5. The second-order valence-electron chi connectivity index (χ2n) is 6.91. The van der Waals surface area contributed by atoms with Gasteiger partial charge in [-0.05, 0) is 50.0 Å². The van der Waals surface area contributed by atoms with E-state index in [9.17, 15) is 4.79 Å². The van der Waals surface area contributed by atoms with E-state index >= 15 is 0 Å². The molecule has 23 heavy (non-hydrogen) atoms. The Morgan fingerprint density at radius 1 is 1.09 bits per heavy atom. The molecule has 1 aromatic carbocycles. The van der Waals surface area contributed by atoms with Gasteiger partial charge in [-0.2, -0.15) is 0 Å². The summed E-state index contributed by atoms with van der Waals surface area (Å²) in [5.74, 6) is 0.334. The highest BCUT2D eigenvalue weighted by Gasteiger charge is 2.21. The molecular formula is C19H29N3O. The third-order valence-electron chi connectivity index (χ3n) is 5.03. The van der Waals surface area contributed by atoms with Crippen LogP contribution in [0.15, 0.2) is 24.3 Å². The molecule has 1 atom stereocenters. The fourth-order valence-corrected chi connectivity index (χ4v) is 3.53. The van der Waals surface area contributed by atoms with E-state index in [1.807, 2.05) is 0 Å². The minimum atomic E-state index is 0.150. The number of benzene rings is 1. The van der Waals surface area contributed by atoms with Crippen LogP contribution in [-0.4, -0.2) is 37.0 Å². The molecule has 1 aromatic rings. The van der Waals surface area contributed by atoms with Crippen molar-refractivity contribution in [2.45, 2.75) is 45.2 Å². The third-order valence-corrected chi connectivity index (χ3v) is 5.03. The number of nitrogens with zero attached hydrogens (tertiary/aromatic N) is 1. The predicted molar refractivity (Wildman–Crippen MR) is 93.0 cm³/mol. The van der Waals surface area contributed by atoms with Crippen molar-refractivity contribution >= 4 is 5.91 Å². The molecule has 2 aliphatic heterocycles. The monoisotopic (exact) mass is 315 g/mol. The Labute approximate surface area is 139 Å².